The minimum atomic E-state index is -0.195. The molecule has 7 nitrogen and oxygen atoms in total. The summed E-state index contributed by atoms with van der Waals surface area (Å²) in [5.41, 5.74) is 7.69. The van der Waals surface area contributed by atoms with Crippen molar-refractivity contribution >= 4 is 50.9 Å². The van der Waals surface area contributed by atoms with Crippen LogP contribution in [0, 0.1) is 6.92 Å². The third kappa shape index (κ3) is 5.78. The average molecular weight is 545 g/mol. The molecule has 0 radical (unpaired) electrons. The molecule has 0 atom stereocenters. The van der Waals surface area contributed by atoms with Crippen LogP contribution in [0.15, 0.2) is 53.3 Å². The number of carbonyl (C=O) groups excluding carboxylic acids is 1. The van der Waals surface area contributed by atoms with E-state index in [2.05, 4.69) is 4.37 Å². The molecule has 0 aliphatic rings. The van der Waals surface area contributed by atoms with Crippen LogP contribution in [-0.2, 0) is 13.0 Å². The van der Waals surface area contributed by atoms with Crippen molar-refractivity contribution < 1.29 is 4.79 Å². The quantitative estimate of drug-likeness (QED) is 0.305. The Morgan fingerprint density at radius 2 is 1.83 bits per heavy atom. The Balaban J connectivity index is 1.59. The van der Waals surface area contributed by atoms with Gasteiger partial charge >= 0.3 is 0 Å². The second kappa shape index (κ2) is 12.0. The van der Waals surface area contributed by atoms with E-state index < -0.39 is 0 Å². The molecule has 36 heavy (non-hydrogen) atoms. The first kappa shape index (κ1) is 26.3. The van der Waals surface area contributed by atoms with E-state index in [1.807, 2.05) is 37.3 Å². The van der Waals surface area contributed by atoms with Crippen LogP contribution in [-0.4, -0.2) is 44.4 Å². The van der Waals surface area contributed by atoms with Gasteiger partial charge < -0.3 is 10.6 Å². The molecule has 2 N–H and O–H groups in total. The minimum absolute atomic E-state index is 0.0909. The molecule has 0 unspecified atom stereocenters. The fourth-order valence-corrected chi connectivity index (χ4v) is 5.26. The number of nitrogens with two attached hydrogens (primary N) is 1. The molecule has 0 aliphatic carbocycles. The van der Waals surface area contributed by atoms with E-state index in [1.54, 1.807) is 27.7 Å². The van der Waals surface area contributed by atoms with Gasteiger partial charge in [-0.1, -0.05) is 59.6 Å². The molecule has 2 heterocycles. The number of aryl methyl sites for hydroxylation is 2. The Morgan fingerprint density at radius 3 is 2.58 bits per heavy atom. The van der Waals surface area contributed by atoms with Crippen molar-refractivity contribution in [2.75, 3.05) is 19.6 Å². The molecule has 0 fully saturated rings. The first-order valence-electron chi connectivity index (χ1n) is 11.7. The Bertz CT molecular complexity index is 1420. The molecule has 0 bridgehead atoms. The number of nitrogens with zero attached hydrogens (tertiary/aromatic N) is 4. The zero-order chi connectivity index (χ0) is 25.7. The van der Waals surface area contributed by atoms with Crippen molar-refractivity contribution in [3.05, 3.63) is 91.6 Å². The summed E-state index contributed by atoms with van der Waals surface area (Å²) in [7, 11) is 0. The van der Waals surface area contributed by atoms with Gasteiger partial charge in [-0.2, -0.15) is 4.37 Å². The van der Waals surface area contributed by atoms with E-state index in [9.17, 15) is 9.59 Å². The second-order valence-corrected chi connectivity index (χ2v) is 10.0. The van der Waals surface area contributed by atoms with Gasteiger partial charge in [0.05, 0.1) is 33.2 Å². The van der Waals surface area contributed by atoms with Crippen molar-refractivity contribution in [2.45, 2.75) is 32.7 Å². The highest BCUT2D eigenvalue weighted by Gasteiger charge is 2.20. The zero-order valence-electron chi connectivity index (χ0n) is 19.9. The van der Waals surface area contributed by atoms with Gasteiger partial charge in [0.1, 0.15) is 5.82 Å². The van der Waals surface area contributed by atoms with Crippen LogP contribution in [0.4, 0.5) is 0 Å². The van der Waals surface area contributed by atoms with Gasteiger partial charge in [0, 0.05) is 19.5 Å². The van der Waals surface area contributed by atoms with Crippen molar-refractivity contribution in [1.82, 2.24) is 18.8 Å². The van der Waals surface area contributed by atoms with Crippen LogP contribution < -0.4 is 11.3 Å². The first-order chi connectivity index (χ1) is 17.4. The highest BCUT2D eigenvalue weighted by atomic mass is 35.5. The number of carbonyl (C=O) groups is 1. The number of hydrogen-bond acceptors (Lipinski definition) is 6. The van der Waals surface area contributed by atoms with E-state index >= 15 is 0 Å². The molecule has 4 aromatic rings. The molecule has 1 amide bonds. The number of rotatable bonds is 10. The minimum Gasteiger partial charge on any atom is -0.339 e. The lowest BCUT2D eigenvalue weighted by Gasteiger charge is -2.23. The molecule has 2 aromatic heterocycles. The molecule has 0 saturated carbocycles. The Morgan fingerprint density at radius 1 is 1.08 bits per heavy atom. The van der Waals surface area contributed by atoms with Crippen LogP contribution in [0.2, 0.25) is 10.0 Å². The second-order valence-electron chi connectivity index (χ2n) is 8.49. The van der Waals surface area contributed by atoms with Crippen molar-refractivity contribution in [1.29, 1.82) is 0 Å². The monoisotopic (exact) mass is 543 g/mol. The van der Waals surface area contributed by atoms with Gasteiger partial charge in [0.2, 0.25) is 0 Å². The molecule has 0 saturated heterocycles. The Labute approximate surface area is 223 Å². The molecule has 2 aromatic carbocycles. The third-order valence-corrected chi connectivity index (χ3v) is 7.61. The van der Waals surface area contributed by atoms with Gasteiger partial charge in [-0.25, -0.2) is 4.98 Å². The largest absolute Gasteiger partial charge is 0.339 e. The van der Waals surface area contributed by atoms with Gasteiger partial charge in [-0.05, 0) is 55.5 Å². The number of aromatic nitrogens is 3. The summed E-state index contributed by atoms with van der Waals surface area (Å²) in [6, 6.07) is 14.9. The summed E-state index contributed by atoms with van der Waals surface area (Å²) < 4.78 is 6.06. The van der Waals surface area contributed by atoms with Crippen LogP contribution in [0.1, 0.15) is 40.3 Å². The van der Waals surface area contributed by atoms with E-state index in [0.717, 1.165) is 5.56 Å². The summed E-state index contributed by atoms with van der Waals surface area (Å²) in [6.07, 6.45) is 1.79. The average Bonchev–Trinajstić information content (AvgIpc) is 3.25. The smallest absolute Gasteiger partial charge is 0.264 e. The lowest BCUT2D eigenvalue weighted by molar-refractivity contribution is 0.0752. The first-order valence-corrected chi connectivity index (χ1v) is 13.3. The Kier molecular flexibility index (Phi) is 8.74. The number of fused-ring (bicyclic) bond motifs is 1. The van der Waals surface area contributed by atoms with Gasteiger partial charge in [-0.15, -0.1) is 0 Å². The molecule has 4 rings (SSSR count). The van der Waals surface area contributed by atoms with Gasteiger partial charge in [0.15, 0.2) is 4.83 Å². The molecule has 188 valence electrons. The molecule has 0 spiro atoms. The lowest BCUT2D eigenvalue weighted by atomic mass is 10.1. The number of hydrogen-bond donors (Lipinski definition) is 1. The molecule has 10 heteroatoms. The number of halogens is 2. The van der Waals surface area contributed by atoms with Crippen LogP contribution in [0.25, 0.3) is 10.2 Å². The van der Waals surface area contributed by atoms with E-state index in [4.69, 9.17) is 33.9 Å². The fraction of sp³-hybridized carbons (Fsp3) is 0.308. The van der Waals surface area contributed by atoms with Crippen molar-refractivity contribution in [3.8, 4) is 0 Å². The summed E-state index contributed by atoms with van der Waals surface area (Å²) in [5.74, 6) is 0.478. The molecule has 0 aliphatic heterocycles. The maximum Gasteiger partial charge on any atom is 0.264 e. The van der Waals surface area contributed by atoms with Crippen molar-refractivity contribution in [2.24, 2.45) is 5.73 Å². The summed E-state index contributed by atoms with van der Waals surface area (Å²) in [6.45, 7) is 3.67. The summed E-state index contributed by atoms with van der Waals surface area (Å²) in [4.78, 5) is 33.9. The Hall–Kier alpha value is -2.78. The summed E-state index contributed by atoms with van der Waals surface area (Å²) in [5, 5.41) is 1.14. The standard InChI is InChI=1S/C26H27Cl2N5O2S/c1-17-22-24(36-31-17)30-21(33(26(22)35)16-18-8-3-2-4-9-18)12-6-14-32(15-7-13-29)25(34)19-10-5-11-20(27)23(19)28/h2-5,8-11H,6-7,12-16,29H2,1H3. The van der Waals surface area contributed by atoms with E-state index in [1.165, 1.54) is 11.5 Å². The molecular weight excluding hydrogens is 517 g/mol. The maximum atomic E-state index is 13.4. The molecular formula is C26H27Cl2N5O2S. The predicted octanol–water partition coefficient (Wildman–Crippen LogP) is 4.94. The normalized spacial score (nSPS) is 11.2. The highest BCUT2D eigenvalue weighted by Crippen LogP contribution is 2.27. The number of benzene rings is 2. The number of amides is 1. The topological polar surface area (TPSA) is 94.1 Å². The fourth-order valence-electron chi connectivity index (χ4n) is 4.09. The summed E-state index contributed by atoms with van der Waals surface area (Å²) >= 11 is 13.7. The maximum absolute atomic E-state index is 13.4. The van der Waals surface area contributed by atoms with Crippen LogP contribution in [0.3, 0.4) is 0 Å². The van der Waals surface area contributed by atoms with Gasteiger partial charge in [-0.3, -0.25) is 14.2 Å². The van der Waals surface area contributed by atoms with Crippen molar-refractivity contribution in [3.63, 3.8) is 0 Å². The zero-order valence-corrected chi connectivity index (χ0v) is 22.2. The van der Waals surface area contributed by atoms with E-state index in [-0.39, 0.29) is 16.5 Å². The van der Waals surface area contributed by atoms with Gasteiger partial charge in [0.25, 0.3) is 11.5 Å². The lowest BCUT2D eigenvalue weighted by Crippen LogP contribution is -2.34. The SMILES string of the molecule is Cc1nsc2nc(CCCN(CCCN)C(=O)c3cccc(Cl)c3Cl)n(Cc3ccccc3)c(=O)c12. The van der Waals surface area contributed by atoms with Crippen LogP contribution in [0.5, 0.6) is 0 Å². The van der Waals surface area contributed by atoms with Crippen LogP contribution >= 0.6 is 34.7 Å². The van der Waals surface area contributed by atoms with E-state index in [0.29, 0.717) is 77.8 Å². The highest BCUT2D eigenvalue weighted by molar-refractivity contribution is 7.12. The predicted molar refractivity (Wildman–Crippen MR) is 146 cm³/mol. The third-order valence-electron chi connectivity index (χ3n) is 5.96.